The third kappa shape index (κ3) is 3.80. The monoisotopic (exact) mass is 215 g/mol. The number of hydrogen-bond donors (Lipinski definition) is 1. The molecule has 1 rings (SSSR count). The molecule has 0 aliphatic heterocycles. The van der Waals surface area contributed by atoms with Gasteiger partial charge < -0.3 is 14.7 Å². The summed E-state index contributed by atoms with van der Waals surface area (Å²) < 4.78 is 5.18. The Hall–Kier alpha value is -0.610. The van der Waals surface area contributed by atoms with Crippen molar-refractivity contribution in [2.24, 2.45) is 11.8 Å². The summed E-state index contributed by atoms with van der Waals surface area (Å²) in [5, 5.41) is 8.84. The van der Waals surface area contributed by atoms with Crippen molar-refractivity contribution in [3.05, 3.63) is 0 Å². The third-order valence-corrected chi connectivity index (χ3v) is 3.05. The molecule has 0 spiro atoms. The van der Waals surface area contributed by atoms with E-state index in [0.29, 0.717) is 25.1 Å². The quantitative estimate of drug-likeness (QED) is 0.690. The molecule has 1 N–H and O–H groups in total. The van der Waals surface area contributed by atoms with Gasteiger partial charge in [0.1, 0.15) is 0 Å². The van der Waals surface area contributed by atoms with Crippen molar-refractivity contribution in [2.75, 3.05) is 27.3 Å². The topological polar surface area (TPSA) is 49.8 Å². The molecule has 1 fully saturated rings. The van der Waals surface area contributed by atoms with Crippen molar-refractivity contribution in [3.8, 4) is 0 Å². The molecule has 0 saturated heterocycles. The number of carbonyl (C=O) groups is 1. The highest BCUT2D eigenvalue weighted by atomic mass is 16.5. The molecule has 4 heteroatoms. The Labute approximate surface area is 91.2 Å². The summed E-state index contributed by atoms with van der Waals surface area (Å²) in [5.41, 5.74) is 0. The van der Waals surface area contributed by atoms with Crippen LogP contribution < -0.4 is 0 Å². The molecule has 0 bridgehead atoms. The first-order valence-corrected chi connectivity index (χ1v) is 5.48. The lowest BCUT2D eigenvalue weighted by Gasteiger charge is -2.28. The van der Waals surface area contributed by atoms with Crippen LogP contribution >= 0.6 is 0 Å². The van der Waals surface area contributed by atoms with E-state index in [1.54, 1.807) is 14.0 Å². The van der Waals surface area contributed by atoms with Gasteiger partial charge in [-0.1, -0.05) is 6.92 Å². The smallest absolute Gasteiger partial charge is 0.307 e. The van der Waals surface area contributed by atoms with Crippen LogP contribution in [-0.2, 0) is 9.53 Å². The van der Waals surface area contributed by atoms with E-state index in [4.69, 9.17) is 9.84 Å². The molecule has 88 valence electrons. The minimum Gasteiger partial charge on any atom is -0.481 e. The van der Waals surface area contributed by atoms with E-state index in [9.17, 15) is 4.79 Å². The molecule has 0 aromatic carbocycles. The highest BCUT2D eigenvalue weighted by Crippen LogP contribution is 2.35. The van der Waals surface area contributed by atoms with Gasteiger partial charge in [-0.05, 0) is 25.8 Å². The van der Waals surface area contributed by atoms with Gasteiger partial charge in [0.15, 0.2) is 0 Å². The highest BCUT2D eigenvalue weighted by molar-refractivity contribution is 5.69. The van der Waals surface area contributed by atoms with Gasteiger partial charge in [0.25, 0.3) is 0 Å². The first-order chi connectivity index (χ1) is 7.06. The van der Waals surface area contributed by atoms with Crippen LogP contribution in [0.4, 0.5) is 0 Å². The van der Waals surface area contributed by atoms with E-state index in [1.165, 1.54) is 12.8 Å². The molecule has 1 aliphatic carbocycles. The molecular weight excluding hydrogens is 194 g/mol. The number of carboxylic acid groups (broad SMARTS) is 1. The predicted molar refractivity (Wildman–Crippen MR) is 57.8 cm³/mol. The minimum atomic E-state index is -0.728. The van der Waals surface area contributed by atoms with Gasteiger partial charge >= 0.3 is 5.97 Å². The van der Waals surface area contributed by atoms with Crippen molar-refractivity contribution >= 4 is 5.97 Å². The van der Waals surface area contributed by atoms with Gasteiger partial charge in [-0.2, -0.15) is 0 Å². The van der Waals surface area contributed by atoms with Crippen LogP contribution in [0, 0.1) is 11.8 Å². The molecule has 2 unspecified atom stereocenters. The Morgan fingerprint density at radius 3 is 2.60 bits per heavy atom. The molecule has 0 aromatic heterocycles. The lowest BCUT2D eigenvalue weighted by molar-refractivity contribution is -0.141. The maximum atomic E-state index is 10.7. The Kier molecular flexibility index (Phi) is 4.54. The van der Waals surface area contributed by atoms with Gasteiger partial charge in [-0.15, -0.1) is 0 Å². The highest BCUT2D eigenvalue weighted by Gasteiger charge is 2.34. The zero-order valence-electron chi connectivity index (χ0n) is 9.77. The lowest BCUT2D eigenvalue weighted by Crippen LogP contribution is -2.41. The molecule has 0 aromatic rings. The van der Waals surface area contributed by atoms with Gasteiger partial charge in [0.05, 0.1) is 12.5 Å². The summed E-state index contributed by atoms with van der Waals surface area (Å²) in [6.45, 7) is 3.04. The fraction of sp³-hybridized carbons (Fsp3) is 0.909. The van der Waals surface area contributed by atoms with E-state index in [2.05, 4.69) is 4.90 Å². The second-order valence-corrected chi connectivity index (χ2v) is 4.54. The number of aliphatic carboxylic acids is 1. The zero-order chi connectivity index (χ0) is 11.4. The summed E-state index contributed by atoms with van der Waals surface area (Å²) in [7, 11) is 3.69. The Morgan fingerprint density at radius 2 is 2.20 bits per heavy atom. The van der Waals surface area contributed by atoms with Crippen LogP contribution in [0.25, 0.3) is 0 Å². The normalized spacial score (nSPS) is 20.3. The van der Waals surface area contributed by atoms with Crippen molar-refractivity contribution in [1.29, 1.82) is 0 Å². The van der Waals surface area contributed by atoms with Crippen molar-refractivity contribution in [1.82, 2.24) is 4.90 Å². The second-order valence-electron chi connectivity index (χ2n) is 4.54. The number of carboxylic acids is 1. The maximum Gasteiger partial charge on any atom is 0.307 e. The first-order valence-electron chi connectivity index (χ1n) is 5.48. The number of ether oxygens (including phenoxy) is 1. The Morgan fingerprint density at radius 1 is 1.60 bits per heavy atom. The number of likely N-dealkylation sites (N-methyl/N-ethyl adjacent to an activating group) is 1. The fourth-order valence-electron chi connectivity index (χ4n) is 1.92. The van der Waals surface area contributed by atoms with E-state index in [1.807, 2.05) is 7.05 Å². The van der Waals surface area contributed by atoms with Crippen LogP contribution in [0.3, 0.4) is 0 Å². The summed E-state index contributed by atoms with van der Waals surface area (Å²) in [4.78, 5) is 12.9. The van der Waals surface area contributed by atoms with Gasteiger partial charge in [-0.25, -0.2) is 0 Å². The Balaban J connectivity index is 2.41. The van der Waals surface area contributed by atoms with Crippen LogP contribution in [0.1, 0.15) is 19.8 Å². The van der Waals surface area contributed by atoms with E-state index >= 15 is 0 Å². The number of nitrogens with zero attached hydrogens (tertiary/aromatic N) is 1. The molecule has 2 atom stereocenters. The number of rotatable bonds is 7. The molecule has 0 heterocycles. The SMILES string of the molecule is COCC(C1CC1)N(C)CC(C)C(=O)O. The minimum absolute atomic E-state index is 0.312. The second kappa shape index (κ2) is 5.47. The van der Waals surface area contributed by atoms with Crippen molar-refractivity contribution in [3.63, 3.8) is 0 Å². The van der Waals surface area contributed by atoms with Gasteiger partial charge in [0, 0.05) is 19.7 Å². The molecule has 15 heavy (non-hydrogen) atoms. The van der Waals surface area contributed by atoms with Crippen LogP contribution in [-0.4, -0.2) is 49.3 Å². The summed E-state index contributed by atoms with van der Waals surface area (Å²) >= 11 is 0. The van der Waals surface area contributed by atoms with Crippen molar-refractivity contribution in [2.45, 2.75) is 25.8 Å². The molecular formula is C11H21NO3. The maximum absolute atomic E-state index is 10.7. The molecule has 1 saturated carbocycles. The average molecular weight is 215 g/mol. The Bertz CT molecular complexity index is 216. The lowest BCUT2D eigenvalue weighted by atomic mass is 10.1. The van der Waals surface area contributed by atoms with Crippen molar-refractivity contribution < 1.29 is 14.6 Å². The summed E-state index contributed by atoms with van der Waals surface area (Å²) in [6.07, 6.45) is 2.50. The molecule has 0 radical (unpaired) electrons. The van der Waals surface area contributed by atoms with Crippen LogP contribution in [0.15, 0.2) is 0 Å². The van der Waals surface area contributed by atoms with Crippen LogP contribution in [0.2, 0.25) is 0 Å². The fourth-order valence-corrected chi connectivity index (χ4v) is 1.92. The van der Waals surface area contributed by atoms with E-state index in [0.717, 1.165) is 0 Å². The van der Waals surface area contributed by atoms with E-state index < -0.39 is 5.97 Å². The largest absolute Gasteiger partial charge is 0.481 e. The summed E-state index contributed by atoms with van der Waals surface area (Å²) in [6, 6.07) is 0.386. The zero-order valence-corrected chi connectivity index (χ0v) is 9.77. The average Bonchev–Trinajstić information content (AvgIpc) is 2.97. The van der Waals surface area contributed by atoms with Gasteiger partial charge in [-0.3, -0.25) is 4.79 Å². The predicted octanol–water partition coefficient (Wildman–Crippen LogP) is 1.06. The number of hydrogen-bond acceptors (Lipinski definition) is 3. The van der Waals surface area contributed by atoms with Gasteiger partial charge in [0.2, 0.25) is 0 Å². The van der Waals surface area contributed by atoms with Crippen LogP contribution in [0.5, 0.6) is 0 Å². The summed E-state index contributed by atoms with van der Waals surface area (Å²) in [5.74, 6) is -0.335. The van der Waals surface area contributed by atoms with E-state index in [-0.39, 0.29) is 5.92 Å². The first kappa shape index (κ1) is 12.5. The number of methoxy groups -OCH3 is 1. The molecule has 4 nitrogen and oxygen atoms in total. The molecule has 1 aliphatic rings. The molecule has 0 amide bonds. The third-order valence-electron chi connectivity index (χ3n) is 3.05. The standard InChI is InChI=1S/C11H21NO3/c1-8(11(13)14)6-12(2)10(7-15-3)9-4-5-9/h8-10H,4-7H2,1-3H3,(H,13,14).